The minimum atomic E-state index is -4.26. The minimum Gasteiger partial charge on any atom is -0.455 e. The Kier molecular flexibility index (Phi) is 9.37. The summed E-state index contributed by atoms with van der Waals surface area (Å²) in [7, 11) is -4.26. The summed E-state index contributed by atoms with van der Waals surface area (Å²) in [5.41, 5.74) is 1.71. The lowest BCUT2D eigenvalue weighted by Crippen LogP contribution is -2.51. The van der Waals surface area contributed by atoms with Crippen molar-refractivity contribution < 1.29 is 41.9 Å². The Morgan fingerprint density at radius 1 is 0.857 bits per heavy atom. The van der Waals surface area contributed by atoms with Gasteiger partial charge in [-0.1, -0.05) is 67.2 Å². The Bertz CT molecular complexity index is 1010. The third-order valence-electron chi connectivity index (χ3n) is 5.04. The van der Waals surface area contributed by atoms with E-state index in [-0.39, 0.29) is 18.8 Å². The second-order valence-electron chi connectivity index (χ2n) is 7.92. The highest BCUT2D eigenvalue weighted by atomic mass is 31.2. The van der Waals surface area contributed by atoms with Crippen molar-refractivity contribution in [1.29, 1.82) is 0 Å². The average molecular weight is 504 g/mol. The van der Waals surface area contributed by atoms with Crippen LogP contribution in [0.5, 0.6) is 0 Å². The highest BCUT2D eigenvalue weighted by Crippen LogP contribution is 2.53. The van der Waals surface area contributed by atoms with Crippen molar-refractivity contribution in [1.82, 2.24) is 0 Å². The van der Waals surface area contributed by atoms with Crippen molar-refractivity contribution in [2.24, 2.45) is 0 Å². The van der Waals surface area contributed by atoms with Crippen molar-refractivity contribution >= 4 is 19.8 Å². The molecule has 0 saturated carbocycles. The zero-order valence-electron chi connectivity index (χ0n) is 19.8. The summed E-state index contributed by atoms with van der Waals surface area (Å²) in [6.07, 6.45) is -4.24. The summed E-state index contributed by atoms with van der Waals surface area (Å²) in [5, 5.41) is 0. The summed E-state index contributed by atoms with van der Waals surface area (Å²) in [6, 6.07) is 18.2. The number of phosphoric ester groups is 1. The fraction of sp³-hybridized carbons (Fsp3) is 0.360. The standard InChI is InChI=1S/C25H29O9P/c1-17-23(32-19(3)26)18(2)31-25(24(17)33-20(4)27)34-35(28,29-15-21-11-7-5-8-12-21)30-16-22-13-9-6-10-14-22/h5-14,18,23-25H,1,15-16H2,2-4H3/t18-,23+,24-,25-/m1/s1. The zero-order valence-corrected chi connectivity index (χ0v) is 20.7. The SMILES string of the molecule is C=C1[C@@H](OC(C)=O)[C@@H](OP(=O)(OCc2ccccc2)OCc2ccccc2)O[C@H](C)[C@H]1OC(C)=O. The number of rotatable bonds is 10. The van der Waals surface area contributed by atoms with E-state index in [0.29, 0.717) is 0 Å². The molecule has 1 aliphatic heterocycles. The first kappa shape index (κ1) is 26.8. The maximum absolute atomic E-state index is 13.7. The molecular weight excluding hydrogens is 475 g/mol. The number of benzene rings is 2. The quantitative estimate of drug-likeness (QED) is 0.258. The van der Waals surface area contributed by atoms with Crippen molar-refractivity contribution in [3.8, 4) is 0 Å². The molecule has 0 radical (unpaired) electrons. The van der Waals surface area contributed by atoms with Crippen molar-refractivity contribution in [3.63, 3.8) is 0 Å². The molecule has 0 aromatic heterocycles. The Morgan fingerprint density at radius 2 is 1.31 bits per heavy atom. The third kappa shape index (κ3) is 7.85. The van der Waals surface area contributed by atoms with E-state index in [9.17, 15) is 14.2 Å². The van der Waals surface area contributed by atoms with Crippen LogP contribution in [0.2, 0.25) is 0 Å². The monoisotopic (exact) mass is 504 g/mol. The highest BCUT2D eigenvalue weighted by Gasteiger charge is 2.47. The fourth-order valence-corrected chi connectivity index (χ4v) is 4.64. The molecule has 35 heavy (non-hydrogen) atoms. The Hall–Kier alpha value is -2.81. The molecule has 1 fully saturated rings. The van der Waals surface area contributed by atoms with E-state index in [1.54, 1.807) is 31.2 Å². The topological polar surface area (TPSA) is 107 Å². The molecule has 0 bridgehead atoms. The number of hydrogen-bond acceptors (Lipinski definition) is 9. The lowest BCUT2D eigenvalue weighted by molar-refractivity contribution is -0.227. The van der Waals surface area contributed by atoms with E-state index >= 15 is 0 Å². The van der Waals surface area contributed by atoms with Gasteiger partial charge in [0.05, 0.1) is 19.3 Å². The first-order chi connectivity index (χ1) is 16.7. The third-order valence-corrected chi connectivity index (χ3v) is 6.39. The first-order valence-electron chi connectivity index (χ1n) is 11.0. The van der Waals surface area contributed by atoms with E-state index in [2.05, 4.69) is 6.58 Å². The molecule has 9 nitrogen and oxygen atoms in total. The molecule has 0 spiro atoms. The highest BCUT2D eigenvalue weighted by molar-refractivity contribution is 7.48. The molecule has 2 aromatic rings. The predicted octanol–water partition coefficient (Wildman–Crippen LogP) is 4.71. The van der Waals surface area contributed by atoms with E-state index in [1.807, 2.05) is 36.4 Å². The maximum atomic E-state index is 13.7. The van der Waals surface area contributed by atoms with E-state index < -0.39 is 44.4 Å². The summed E-state index contributed by atoms with van der Waals surface area (Å²) < 4.78 is 47.2. The van der Waals surface area contributed by atoms with Gasteiger partial charge in [-0.2, -0.15) is 0 Å². The van der Waals surface area contributed by atoms with Gasteiger partial charge in [-0.15, -0.1) is 0 Å². The van der Waals surface area contributed by atoms with Gasteiger partial charge in [-0.25, -0.2) is 4.57 Å². The molecule has 0 aliphatic carbocycles. The maximum Gasteiger partial charge on any atom is 0.477 e. The smallest absolute Gasteiger partial charge is 0.455 e. The number of ether oxygens (including phenoxy) is 3. The Balaban J connectivity index is 1.83. The van der Waals surface area contributed by atoms with Crippen LogP contribution < -0.4 is 0 Å². The lowest BCUT2D eigenvalue weighted by atomic mass is 9.97. The fourth-order valence-electron chi connectivity index (χ4n) is 3.41. The van der Waals surface area contributed by atoms with Gasteiger partial charge in [0.25, 0.3) is 0 Å². The minimum absolute atomic E-state index is 0.0650. The number of hydrogen-bond donors (Lipinski definition) is 0. The van der Waals surface area contributed by atoms with Crippen LogP contribution in [-0.2, 0) is 55.1 Å². The van der Waals surface area contributed by atoms with Gasteiger partial charge in [0, 0.05) is 19.4 Å². The summed E-state index contributed by atoms with van der Waals surface area (Å²) in [6.45, 7) is 7.85. The molecule has 0 amide bonds. The number of phosphoric acid groups is 1. The molecular formula is C25H29O9P. The van der Waals surface area contributed by atoms with Crippen LogP contribution in [0.25, 0.3) is 0 Å². The first-order valence-corrected chi connectivity index (χ1v) is 12.5. The Morgan fingerprint density at radius 3 is 1.77 bits per heavy atom. The number of esters is 2. The van der Waals surface area contributed by atoms with Crippen LogP contribution in [0.3, 0.4) is 0 Å². The second kappa shape index (κ2) is 12.2. The molecule has 1 heterocycles. The van der Waals surface area contributed by atoms with Gasteiger partial charge in [0.15, 0.2) is 12.2 Å². The summed E-state index contributed by atoms with van der Waals surface area (Å²) in [5.74, 6) is -1.22. The molecule has 0 unspecified atom stereocenters. The number of carbonyl (C=O) groups is 2. The molecule has 2 aromatic carbocycles. The van der Waals surface area contributed by atoms with Crippen LogP contribution in [0.15, 0.2) is 72.8 Å². The van der Waals surface area contributed by atoms with Gasteiger partial charge >= 0.3 is 19.8 Å². The van der Waals surface area contributed by atoms with Crippen molar-refractivity contribution in [2.75, 3.05) is 0 Å². The van der Waals surface area contributed by atoms with Gasteiger partial charge < -0.3 is 14.2 Å². The molecule has 0 N–H and O–H groups in total. The van der Waals surface area contributed by atoms with Crippen LogP contribution in [-0.4, -0.2) is 36.5 Å². The van der Waals surface area contributed by atoms with Crippen LogP contribution >= 0.6 is 7.82 Å². The lowest BCUT2D eigenvalue weighted by Gasteiger charge is -2.40. The zero-order chi connectivity index (χ0) is 25.4. The van der Waals surface area contributed by atoms with Gasteiger partial charge in [0.2, 0.25) is 6.29 Å². The molecule has 10 heteroatoms. The van der Waals surface area contributed by atoms with Gasteiger partial charge in [-0.3, -0.25) is 23.2 Å². The van der Waals surface area contributed by atoms with Gasteiger partial charge in [-0.05, 0) is 18.1 Å². The molecule has 3 rings (SSSR count). The Labute approximate surface area is 204 Å². The van der Waals surface area contributed by atoms with Crippen molar-refractivity contribution in [3.05, 3.63) is 83.9 Å². The molecule has 1 aliphatic rings. The van der Waals surface area contributed by atoms with Gasteiger partial charge in [0.1, 0.15) is 0 Å². The van der Waals surface area contributed by atoms with Crippen molar-refractivity contribution in [2.45, 2.75) is 58.6 Å². The van der Waals surface area contributed by atoms with Crippen LogP contribution in [0.1, 0.15) is 31.9 Å². The van der Waals surface area contributed by atoms with E-state index in [1.165, 1.54) is 13.8 Å². The van der Waals surface area contributed by atoms with Crippen LogP contribution in [0, 0.1) is 0 Å². The normalized spacial score (nSPS) is 22.4. The largest absolute Gasteiger partial charge is 0.477 e. The van der Waals surface area contributed by atoms with E-state index in [0.717, 1.165) is 11.1 Å². The molecule has 4 atom stereocenters. The molecule has 188 valence electrons. The summed E-state index contributed by atoms with van der Waals surface area (Å²) >= 11 is 0. The number of carbonyl (C=O) groups excluding carboxylic acids is 2. The second-order valence-corrected chi connectivity index (χ2v) is 9.54. The summed E-state index contributed by atoms with van der Waals surface area (Å²) in [4.78, 5) is 23.3. The predicted molar refractivity (Wildman–Crippen MR) is 126 cm³/mol. The average Bonchev–Trinajstić information content (AvgIpc) is 2.83. The molecule has 1 saturated heterocycles. The van der Waals surface area contributed by atoms with E-state index in [4.69, 9.17) is 27.8 Å². The van der Waals surface area contributed by atoms with Crippen LogP contribution in [0.4, 0.5) is 0 Å².